The van der Waals surface area contributed by atoms with Crippen molar-refractivity contribution < 1.29 is 13.2 Å². The Hall–Kier alpha value is -1.98. The second-order valence-electron chi connectivity index (χ2n) is 4.19. The smallest absolute Gasteiger partial charge is 0.238 e. The number of sulfonamides is 1. The maximum atomic E-state index is 12.4. The van der Waals surface area contributed by atoms with Crippen molar-refractivity contribution in [2.45, 2.75) is 11.8 Å². The number of ketones is 1. The molecule has 2 rings (SSSR count). The molecule has 98 valence electrons. The minimum absolute atomic E-state index is 0.135. The summed E-state index contributed by atoms with van der Waals surface area (Å²) in [6.07, 6.45) is 0. The van der Waals surface area contributed by atoms with E-state index < -0.39 is 10.0 Å². The molecule has 0 spiro atoms. The van der Waals surface area contributed by atoms with Crippen LogP contribution >= 0.6 is 0 Å². The first-order valence-electron chi connectivity index (χ1n) is 5.63. The minimum atomic E-state index is -3.93. The molecule has 4 nitrogen and oxygen atoms in total. The molecule has 0 fully saturated rings. The van der Waals surface area contributed by atoms with Gasteiger partial charge < -0.3 is 0 Å². The van der Waals surface area contributed by atoms with Crippen LogP contribution in [0.2, 0.25) is 0 Å². The van der Waals surface area contributed by atoms with Crippen molar-refractivity contribution in [2.24, 2.45) is 5.14 Å². The third-order valence-corrected chi connectivity index (χ3v) is 3.76. The Morgan fingerprint density at radius 3 is 2.21 bits per heavy atom. The van der Waals surface area contributed by atoms with E-state index in [2.05, 4.69) is 0 Å². The third-order valence-electron chi connectivity index (χ3n) is 2.80. The van der Waals surface area contributed by atoms with Gasteiger partial charge in [-0.1, -0.05) is 42.5 Å². The number of carbonyl (C=O) groups is 1. The second-order valence-corrected chi connectivity index (χ2v) is 5.72. The molecule has 0 aromatic heterocycles. The number of nitrogens with two attached hydrogens (primary N) is 1. The average molecular weight is 275 g/mol. The molecular weight excluding hydrogens is 262 g/mol. The van der Waals surface area contributed by atoms with Gasteiger partial charge in [-0.05, 0) is 18.6 Å². The van der Waals surface area contributed by atoms with Crippen LogP contribution in [0, 0.1) is 6.92 Å². The average Bonchev–Trinajstić information content (AvgIpc) is 2.37. The van der Waals surface area contributed by atoms with Gasteiger partial charge in [0.1, 0.15) is 0 Å². The number of rotatable bonds is 3. The summed E-state index contributed by atoms with van der Waals surface area (Å²) >= 11 is 0. The van der Waals surface area contributed by atoms with E-state index in [-0.39, 0.29) is 16.2 Å². The highest BCUT2D eigenvalue weighted by atomic mass is 32.2. The molecule has 0 heterocycles. The molecule has 0 aliphatic carbocycles. The van der Waals surface area contributed by atoms with Crippen LogP contribution in [0.1, 0.15) is 21.5 Å². The molecule has 0 amide bonds. The monoisotopic (exact) mass is 275 g/mol. The Morgan fingerprint density at radius 1 is 1.00 bits per heavy atom. The van der Waals surface area contributed by atoms with Gasteiger partial charge in [0.2, 0.25) is 10.0 Å². The van der Waals surface area contributed by atoms with Crippen molar-refractivity contribution in [2.75, 3.05) is 0 Å². The fourth-order valence-electron chi connectivity index (χ4n) is 1.90. The molecule has 5 heteroatoms. The largest absolute Gasteiger partial charge is 0.289 e. The topological polar surface area (TPSA) is 77.2 Å². The molecule has 2 N–H and O–H groups in total. The molecule has 0 aliphatic rings. The molecule has 2 aromatic carbocycles. The standard InChI is InChI=1S/C14H13NO3S/c1-10-6-5-9-12(19(15,17)18)13(10)14(16)11-7-3-2-4-8-11/h2-9H,1H3,(H2,15,17,18). The predicted molar refractivity (Wildman–Crippen MR) is 72.4 cm³/mol. The predicted octanol–water partition coefficient (Wildman–Crippen LogP) is 1.87. The van der Waals surface area contributed by atoms with E-state index in [1.807, 2.05) is 0 Å². The highest BCUT2D eigenvalue weighted by molar-refractivity contribution is 7.89. The fourth-order valence-corrected chi connectivity index (χ4v) is 2.71. The van der Waals surface area contributed by atoms with Crippen molar-refractivity contribution in [3.8, 4) is 0 Å². The lowest BCUT2D eigenvalue weighted by atomic mass is 9.99. The van der Waals surface area contributed by atoms with Crippen molar-refractivity contribution in [1.29, 1.82) is 0 Å². The summed E-state index contributed by atoms with van der Waals surface area (Å²) in [6.45, 7) is 1.69. The molecule has 2 aromatic rings. The van der Waals surface area contributed by atoms with E-state index in [0.29, 0.717) is 11.1 Å². The molecule has 0 aliphatic heterocycles. The zero-order chi connectivity index (χ0) is 14.0. The highest BCUT2D eigenvalue weighted by Gasteiger charge is 2.21. The van der Waals surface area contributed by atoms with E-state index in [9.17, 15) is 13.2 Å². The summed E-state index contributed by atoms with van der Waals surface area (Å²) in [6, 6.07) is 13.1. The number of hydrogen-bond donors (Lipinski definition) is 1. The number of hydrogen-bond acceptors (Lipinski definition) is 3. The number of carbonyl (C=O) groups excluding carboxylic acids is 1. The third kappa shape index (κ3) is 2.72. The highest BCUT2D eigenvalue weighted by Crippen LogP contribution is 2.21. The van der Waals surface area contributed by atoms with Gasteiger partial charge in [0, 0.05) is 11.1 Å². The first-order chi connectivity index (χ1) is 8.91. The zero-order valence-corrected chi connectivity index (χ0v) is 11.1. The van der Waals surface area contributed by atoms with Crippen LogP contribution in [0.3, 0.4) is 0 Å². The van der Waals surface area contributed by atoms with Gasteiger partial charge in [-0.3, -0.25) is 4.79 Å². The SMILES string of the molecule is Cc1cccc(S(N)(=O)=O)c1C(=O)c1ccccc1. The first-order valence-corrected chi connectivity index (χ1v) is 7.18. The maximum absolute atomic E-state index is 12.4. The van der Waals surface area contributed by atoms with E-state index in [1.54, 1.807) is 49.4 Å². The van der Waals surface area contributed by atoms with Gasteiger partial charge >= 0.3 is 0 Å². The molecule has 19 heavy (non-hydrogen) atoms. The Bertz CT molecular complexity index is 722. The van der Waals surface area contributed by atoms with Crippen LogP contribution in [0.4, 0.5) is 0 Å². The normalized spacial score (nSPS) is 11.3. The summed E-state index contributed by atoms with van der Waals surface area (Å²) in [4.78, 5) is 12.3. The summed E-state index contributed by atoms with van der Waals surface area (Å²) in [7, 11) is -3.93. The number of primary sulfonamides is 1. The van der Waals surface area contributed by atoms with Crippen LogP contribution < -0.4 is 5.14 Å². The molecule has 0 radical (unpaired) electrons. The Kier molecular flexibility index (Phi) is 3.50. The lowest BCUT2D eigenvalue weighted by Gasteiger charge is -2.10. The Balaban J connectivity index is 2.67. The van der Waals surface area contributed by atoms with Crippen LogP contribution in [0.5, 0.6) is 0 Å². The molecular formula is C14H13NO3S. The van der Waals surface area contributed by atoms with Crippen LogP contribution in [-0.2, 0) is 10.0 Å². The van der Waals surface area contributed by atoms with Crippen LogP contribution in [0.25, 0.3) is 0 Å². The molecule has 0 bridgehead atoms. The lowest BCUT2D eigenvalue weighted by Crippen LogP contribution is -2.18. The number of benzene rings is 2. The molecule has 0 saturated heterocycles. The van der Waals surface area contributed by atoms with E-state index in [1.165, 1.54) is 6.07 Å². The minimum Gasteiger partial charge on any atom is -0.289 e. The van der Waals surface area contributed by atoms with Gasteiger partial charge in [0.05, 0.1) is 4.90 Å². The van der Waals surface area contributed by atoms with E-state index >= 15 is 0 Å². The molecule has 0 atom stereocenters. The Morgan fingerprint density at radius 2 is 1.63 bits per heavy atom. The second kappa shape index (κ2) is 4.95. The van der Waals surface area contributed by atoms with Crippen LogP contribution in [-0.4, -0.2) is 14.2 Å². The van der Waals surface area contributed by atoms with E-state index in [0.717, 1.165) is 0 Å². The lowest BCUT2D eigenvalue weighted by molar-refractivity contribution is 0.103. The zero-order valence-electron chi connectivity index (χ0n) is 10.3. The number of aryl methyl sites for hydroxylation is 1. The molecule has 0 unspecified atom stereocenters. The fraction of sp³-hybridized carbons (Fsp3) is 0.0714. The Labute approximate surface area is 111 Å². The van der Waals surface area contributed by atoms with Gasteiger partial charge in [0.15, 0.2) is 5.78 Å². The summed E-state index contributed by atoms with van der Waals surface area (Å²) in [5, 5.41) is 5.16. The van der Waals surface area contributed by atoms with E-state index in [4.69, 9.17) is 5.14 Å². The van der Waals surface area contributed by atoms with Gasteiger partial charge in [-0.2, -0.15) is 0 Å². The quantitative estimate of drug-likeness (QED) is 0.869. The van der Waals surface area contributed by atoms with Crippen molar-refractivity contribution in [1.82, 2.24) is 0 Å². The summed E-state index contributed by atoms with van der Waals surface area (Å²) < 4.78 is 23.1. The summed E-state index contributed by atoms with van der Waals surface area (Å²) in [5.74, 6) is -0.345. The van der Waals surface area contributed by atoms with Crippen LogP contribution in [0.15, 0.2) is 53.4 Å². The van der Waals surface area contributed by atoms with Crippen molar-refractivity contribution >= 4 is 15.8 Å². The maximum Gasteiger partial charge on any atom is 0.238 e. The molecule has 0 saturated carbocycles. The van der Waals surface area contributed by atoms with Gasteiger partial charge in [-0.15, -0.1) is 0 Å². The van der Waals surface area contributed by atoms with Gasteiger partial charge in [0.25, 0.3) is 0 Å². The van der Waals surface area contributed by atoms with Gasteiger partial charge in [-0.25, -0.2) is 13.6 Å². The first kappa shape index (κ1) is 13.5. The van der Waals surface area contributed by atoms with Crippen molar-refractivity contribution in [3.63, 3.8) is 0 Å². The summed E-state index contributed by atoms with van der Waals surface area (Å²) in [5.41, 5.74) is 1.15. The van der Waals surface area contributed by atoms with Crippen molar-refractivity contribution in [3.05, 3.63) is 65.2 Å².